The SMILES string of the molecule is CO[C@@H](C)c1ncc(C2=CCN(C)CC2)cc1B1OCC(C)(C)CO1. The van der Waals surface area contributed by atoms with Gasteiger partial charge in [0.05, 0.1) is 11.8 Å². The van der Waals surface area contributed by atoms with E-state index in [-0.39, 0.29) is 18.6 Å². The van der Waals surface area contributed by atoms with Crippen molar-refractivity contribution < 1.29 is 14.0 Å². The molecule has 1 fully saturated rings. The lowest BCUT2D eigenvalue weighted by molar-refractivity contribution is 0.0338. The zero-order chi connectivity index (χ0) is 18.0. The number of nitrogens with zero attached hydrogens (tertiary/aromatic N) is 2. The first-order valence-electron chi connectivity index (χ1n) is 9.03. The molecular formula is C19H29BN2O3. The highest BCUT2D eigenvalue weighted by molar-refractivity contribution is 6.62. The summed E-state index contributed by atoms with van der Waals surface area (Å²) in [6.45, 7) is 9.72. The third-order valence-electron chi connectivity index (χ3n) is 4.98. The van der Waals surface area contributed by atoms with Gasteiger partial charge in [0.2, 0.25) is 0 Å². The fourth-order valence-electron chi connectivity index (χ4n) is 3.21. The van der Waals surface area contributed by atoms with Gasteiger partial charge >= 0.3 is 7.12 Å². The van der Waals surface area contributed by atoms with Crippen LogP contribution in [0.4, 0.5) is 0 Å². The second-order valence-electron chi connectivity index (χ2n) is 7.94. The Morgan fingerprint density at radius 3 is 2.64 bits per heavy atom. The summed E-state index contributed by atoms with van der Waals surface area (Å²) in [6, 6.07) is 2.18. The Hall–Kier alpha value is -1.21. The Morgan fingerprint density at radius 2 is 2.04 bits per heavy atom. The number of hydrogen-bond donors (Lipinski definition) is 0. The van der Waals surface area contributed by atoms with Crippen LogP contribution in [0.3, 0.4) is 0 Å². The van der Waals surface area contributed by atoms with E-state index in [1.165, 1.54) is 5.57 Å². The summed E-state index contributed by atoms with van der Waals surface area (Å²) in [5.41, 5.74) is 4.43. The number of pyridine rings is 1. The fraction of sp³-hybridized carbons (Fsp3) is 0.632. The predicted octanol–water partition coefficient (Wildman–Crippen LogP) is 2.28. The van der Waals surface area contributed by atoms with E-state index in [0.29, 0.717) is 13.2 Å². The van der Waals surface area contributed by atoms with Crippen LogP contribution >= 0.6 is 0 Å². The molecule has 25 heavy (non-hydrogen) atoms. The Morgan fingerprint density at radius 1 is 1.32 bits per heavy atom. The topological polar surface area (TPSA) is 43.8 Å². The number of rotatable bonds is 4. The maximum atomic E-state index is 6.03. The molecule has 3 heterocycles. The molecular weight excluding hydrogens is 315 g/mol. The largest absolute Gasteiger partial charge is 0.495 e. The van der Waals surface area contributed by atoms with Crippen molar-refractivity contribution in [3.63, 3.8) is 0 Å². The number of methoxy groups -OCH3 is 1. The van der Waals surface area contributed by atoms with Gasteiger partial charge < -0.3 is 18.9 Å². The maximum Gasteiger partial charge on any atom is 0.495 e. The first-order chi connectivity index (χ1) is 11.9. The van der Waals surface area contributed by atoms with E-state index in [0.717, 1.165) is 36.2 Å². The molecule has 0 saturated carbocycles. The van der Waals surface area contributed by atoms with Gasteiger partial charge in [-0.25, -0.2) is 0 Å². The molecule has 5 nitrogen and oxygen atoms in total. The van der Waals surface area contributed by atoms with Crippen LogP contribution in [0.2, 0.25) is 0 Å². The van der Waals surface area contributed by atoms with Crippen molar-refractivity contribution in [1.29, 1.82) is 0 Å². The molecule has 0 unspecified atom stereocenters. The minimum atomic E-state index is -0.375. The van der Waals surface area contributed by atoms with E-state index in [4.69, 9.17) is 19.0 Å². The normalized spacial score (nSPS) is 22.6. The van der Waals surface area contributed by atoms with Crippen molar-refractivity contribution in [2.75, 3.05) is 40.5 Å². The third-order valence-corrected chi connectivity index (χ3v) is 4.98. The van der Waals surface area contributed by atoms with Gasteiger partial charge in [-0.2, -0.15) is 0 Å². The lowest BCUT2D eigenvalue weighted by Crippen LogP contribution is -2.49. The molecule has 136 valence electrons. The standard InChI is InChI=1S/C19H29BN2O3/c1-14(23-5)18-17(20-24-12-19(2,3)13-25-20)10-16(11-21-18)15-6-8-22(4)9-7-15/h6,10-11,14H,7-9,12-13H2,1-5H3/t14-/m0/s1. The van der Waals surface area contributed by atoms with E-state index in [9.17, 15) is 0 Å². The Labute approximate surface area is 151 Å². The lowest BCUT2D eigenvalue weighted by atomic mass is 9.73. The molecule has 1 atom stereocenters. The quantitative estimate of drug-likeness (QED) is 0.784. The van der Waals surface area contributed by atoms with Crippen LogP contribution < -0.4 is 5.46 Å². The third kappa shape index (κ3) is 4.32. The highest BCUT2D eigenvalue weighted by Gasteiger charge is 2.36. The number of aromatic nitrogens is 1. The van der Waals surface area contributed by atoms with Crippen LogP contribution in [0.15, 0.2) is 18.3 Å². The summed E-state index contributed by atoms with van der Waals surface area (Å²) in [6.07, 6.45) is 5.18. The molecule has 2 aliphatic rings. The average molecular weight is 344 g/mol. The number of hydrogen-bond acceptors (Lipinski definition) is 5. The van der Waals surface area contributed by atoms with Crippen molar-refractivity contribution in [1.82, 2.24) is 9.88 Å². The van der Waals surface area contributed by atoms with Crippen molar-refractivity contribution in [2.24, 2.45) is 5.41 Å². The molecule has 1 aromatic heterocycles. The summed E-state index contributed by atoms with van der Waals surface area (Å²) < 4.78 is 17.6. The first-order valence-corrected chi connectivity index (χ1v) is 9.03. The Bertz CT molecular complexity index is 638. The highest BCUT2D eigenvalue weighted by atomic mass is 16.6. The average Bonchev–Trinajstić information content (AvgIpc) is 2.61. The van der Waals surface area contributed by atoms with Crippen molar-refractivity contribution in [2.45, 2.75) is 33.3 Å². The van der Waals surface area contributed by atoms with Crippen molar-refractivity contribution in [3.8, 4) is 0 Å². The van der Waals surface area contributed by atoms with E-state index in [1.807, 2.05) is 13.1 Å². The van der Waals surface area contributed by atoms with Crippen LogP contribution in [0.25, 0.3) is 5.57 Å². The molecule has 2 aliphatic heterocycles. The van der Waals surface area contributed by atoms with Crippen LogP contribution in [-0.4, -0.2) is 57.5 Å². The fourth-order valence-corrected chi connectivity index (χ4v) is 3.21. The maximum absolute atomic E-state index is 6.03. The minimum Gasteiger partial charge on any atom is -0.407 e. The summed E-state index contributed by atoms with van der Waals surface area (Å²) in [5, 5.41) is 0. The Balaban J connectivity index is 1.91. The summed E-state index contributed by atoms with van der Waals surface area (Å²) in [5.74, 6) is 0. The number of ether oxygens (including phenoxy) is 1. The molecule has 0 amide bonds. The van der Waals surface area contributed by atoms with E-state index in [1.54, 1.807) is 7.11 Å². The summed E-state index contributed by atoms with van der Waals surface area (Å²) in [4.78, 5) is 7.03. The van der Waals surface area contributed by atoms with E-state index < -0.39 is 0 Å². The smallest absolute Gasteiger partial charge is 0.407 e. The van der Waals surface area contributed by atoms with E-state index in [2.05, 4.69) is 37.9 Å². The zero-order valence-electron chi connectivity index (χ0n) is 16.0. The van der Waals surface area contributed by atoms with Crippen LogP contribution in [0, 0.1) is 5.41 Å². The molecule has 0 spiro atoms. The van der Waals surface area contributed by atoms with Crippen LogP contribution in [-0.2, 0) is 14.0 Å². The Kier molecular flexibility index (Phi) is 5.63. The highest BCUT2D eigenvalue weighted by Crippen LogP contribution is 2.25. The summed E-state index contributed by atoms with van der Waals surface area (Å²) >= 11 is 0. The van der Waals surface area contributed by atoms with E-state index >= 15 is 0 Å². The first kappa shape index (κ1) is 18.6. The van der Waals surface area contributed by atoms with Crippen LogP contribution in [0.1, 0.15) is 44.6 Å². The van der Waals surface area contributed by atoms with Gasteiger partial charge in [-0.05, 0) is 31.5 Å². The molecule has 0 aromatic carbocycles. The molecule has 1 aromatic rings. The van der Waals surface area contributed by atoms with Gasteiger partial charge in [0.15, 0.2) is 0 Å². The van der Waals surface area contributed by atoms with Gasteiger partial charge in [0.1, 0.15) is 0 Å². The minimum absolute atomic E-state index is 0.0467. The van der Waals surface area contributed by atoms with Gasteiger partial charge in [0.25, 0.3) is 0 Å². The molecule has 3 rings (SSSR count). The monoisotopic (exact) mass is 344 g/mol. The van der Waals surface area contributed by atoms with Gasteiger partial charge in [-0.1, -0.05) is 26.0 Å². The van der Waals surface area contributed by atoms with Gasteiger partial charge in [0, 0.05) is 50.5 Å². The second kappa shape index (κ2) is 7.58. The van der Waals surface area contributed by atoms with Gasteiger partial charge in [-0.3, -0.25) is 4.98 Å². The van der Waals surface area contributed by atoms with Crippen molar-refractivity contribution in [3.05, 3.63) is 29.6 Å². The lowest BCUT2D eigenvalue weighted by Gasteiger charge is -2.34. The molecule has 0 bridgehead atoms. The molecule has 1 saturated heterocycles. The molecule has 0 radical (unpaired) electrons. The molecule has 6 heteroatoms. The van der Waals surface area contributed by atoms with Crippen LogP contribution in [0.5, 0.6) is 0 Å². The second-order valence-corrected chi connectivity index (χ2v) is 7.94. The van der Waals surface area contributed by atoms with Crippen molar-refractivity contribution >= 4 is 18.2 Å². The molecule has 0 aliphatic carbocycles. The predicted molar refractivity (Wildman–Crippen MR) is 101 cm³/mol. The van der Waals surface area contributed by atoms with Gasteiger partial charge in [-0.15, -0.1) is 0 Å². The number of likely N-dealkylation sites (N-methyl/N-ethyl adjacent to an activating group) is 1. The summed E-state index contributed by atoms with van der Waals surface area (Å²) in [7, 11) is 3.47. The molecule has 0 N–H and O–H groups in total. The zero-order valence-corrected chi connectivity index (χ0v) is 16.0.